The summed E-state index contributed by atoms with van der Waals surface area (Å²) in [5.74, 6) is -1.39. The Morgan fingerprint density at radius 3 is 2.55 bits per heavy atom. The van der Waals surface area contributed by atoms with E-state index in [4.69, 9.17) is 4.74 Å². The third kappa shape index (κ3) is 5.09. The van der Waals surface area contributed by atoms with E-state index in [0.717, 1.165) is 12.8 Å². The van der Waals surface area contributed by atoms with Crippen LogP contribution in [-0.4, -0.2) is 33.4 Å². The van der Waals surface area contributed by atoms with Crippen LogP contribution in [0.15, 0.2) is 60.7 Å². The van der Waals surface area contributed by atoms with Gasteiger partial charge in [0, 0.05) is 6.07 Å². The Bertz CT molecular complexity index is 1080. The molecule has 1 saturated carbocycles. The number of carbonyl (C=O) groups excluding carboxylic acids is 1. The number of carbonyl (C=O) groups is 2. The first-order valence-corrected chi connectivity index (χ1v) is 10.1. The Hall–Kier alpha value is -3.68. The van der Waals surface area contributed by atoms with Crippen LogP contribution in [0.5, 0.6) is 5.88 Å². The number of carboxylic acids is 1. The minimum absolute atomic E-state index is 0.0142. The topological polar surface area (TPSA) is 93.5 Å². The summed E-state index contributed by atoms with van der Waals surface area (Å²) >= 11 is 0. The molecule has 3 aromatic rings. The van der Waals surface area contributed by atoms with E-state index in [1.807, 2.05) is 6.07 Å². The Balaban J connectivity index is 1.61. The molecule has 1 amide bonds. The molecule has 0 saturated heterocycles. The number of ether oxygens (including phenoxy) is 1. The molecule has 1 atom stereocenters. The summed E-state index contributed by atoms with van der Waals surface area (Å²) in [6, 6.07) is 15.6. The highest BCUT2D eigenvalue weighted by Gasteiger charge is 2.26. The SMILES string of the molecule is O=C(O)C[C@H](NC(=O)c1cc(OCC2CC2)n(-c2ccccc2F)n1)c1ccccc1. The molecule has 4 rings (SSSR count). The number of hydrogen-bond donors (Lipinski definition) is 2. The van der Waals surface area contributed by atoms with Gasteiger partial charge in [-0.2, -0.15) is 9.78 Å². The largest absolute Gasteiger partial charge is 0.481 e. The number of carboxylic acid groups (broad SMARTS) is 1. The summed E-state index contributed by atoms with van der Waals surface area (Å²) < 4.78 is 21.4. The smallest absolute Gasteiger partial charge is 0.305 e. The highest BCUT2D eigenvalue weighted by molar-refractivity contribution is 5.93. The maximum Gasteiger partial charge on any atom is 0.305 e. The molecular formula is C23H22FN3O4. The van der Waals surface area contributed by atoms with Gasteiger partial charge in [-0.15, -0.1) is 0 Å². The van der Waals surface area contributed by atoms with Gasteiger partial charge in [-0.05, 0) is 36.5 Å². The van der Waals surface area contributed by atoms with E-state index >= 15 is 0 Å². The van der Waals surface area contributed by atoms with Gasteiger partial charge < -0.3 is 15.2 Å². The van der Waals surface area contributed by atoms with Crippen LogP contribution in [0.4, 0.5) is 4.39 Å². The molecule has 0 bridgehead atoms. The number of aromatic nitrogens is 2. The first-order valence-electron chi connectivity index (χ1n) is 10.1. The molecule has 1 heterocycles. The van der Waals surface area contributed by atoms with Crippen molar-refractivity contribution in [1.82, 2.24) is 15.1 Å². The van der Waals surface area contributed by atoms with Gasteiger partial charge in [-0.25, -0.2) is 4.39 Å². The van der Waals surface area contributed by atoms with E-state index in [1.54, 1.807) is 42.5 Å². The van der Waals surface area contributed by atoms with Gasteiger partial charge in [0.2, 0.25) is 5.88 Å². The average molecular weight is 423 g/mol. The number of nitrogens with one attached hydrogen (secondary N) is 1. The predicted molar refractivity (Wildman–Crippen MR) is 111 cm³/mol. The molecule has 0 spiro atoms. The first kappa shape index (κ1) is 20.6. The summed E-state index contributed by atoms with van der Waals surface area (Å²) in [4.78, 5) is 24.2. The lowest BCUT2D eigenvalue weighted by molar-refractivity contribution is -0.137. The number of aliphatic carboxylic acids is 1. The zero-order valence-corrected chi connectivity index (χ0v) is 16.7. The van der Waals surface area contributed by atoms with Gasteiger partial charge in [0.25, 0.3) is 5.91 Å². The molecule has 2 aromatic carbocycles. The van der Waals surface area contributed by atoms with Gasteiger partial charge in [0.05, 0.1) is 19.1 Å². The van der Waals surface area contributed by atoms with Crippen molar-refractivity contribution in [2.75, 3.05) is 6.61 Å². The van der Waals surface area contributed by atoms with E-state index in [2.05, 4.69) is 10.4 Å². The zero-order valence-electron chi connectivity index (χ0n) is 16.7. The summed E-state index contributed by atoms with van der Waals surface area (Å²) in [6.45, 7) is 0.465. The summed E-state index contributed by atoms with van der Waals surface area (Å²) in [7, 11) is 0. The van der Waals surface area contributed by atoms with E-state index in [0.29, 0.717) is 18.1 Å². The number of nitrogens with zero attached hydrogens (tertiary/aromatic N) is 2. The minimum atomic E-state index is -1.04. The van der Waals surface area contributed by atoms with Crippen molar-refractivity contribution in [1.29, 1.82) is 0 Å². The fourth-order valence-electron chi connectivity index (χ4n) is 3.21. The van der Waals surface area contributed by atoms with Crippen molar-refractivity contribution in [3.63, 3.8) is 0 Å². The van der Waals surface area contributed by atoms with E-state index in [-0.39, 0.29) is 23.7 Å². The maximum atomic E-state index is 14.4. The number of rotatable bonds is 9. The summed E-state index contributed by atoms with van der Waals surface area (Å²) in [6.07, 6.45) is 1.87. The second kappa shape index (κ2) is 8.99. The predicted octanol–water partition coefficient (Wildman–Crippen LogP) is 3.75. The lowest BCUT2D eigenvalue weighted by atomic mass is 10.0. The second-order valence-electron chi connectivity index (χ2n) is 7.52. The highest BCUT2D eigenvalue weighted by atomic mass is 19.1. The van der Waals surface area contributed by atoms with Crippen molar-refractivity contribution in [2.45, 2.75) is 25.3 Å². The van der Waals surface area contributed by atoms with Crippen LogP contribution >= 0.6 is 0 Å². The van der Waals surface area contributed by atoms with E-state index in [9.17, 15) is 19.1 Å². The monoisotopic (exact) mass is 423 g/mol. The third-order valence-corrected chi connectivity index (χ3v) is 5.04. The first-order chi connectivity index (χ1) is 15.0. The molecule has 0 aliphatic heterocycles. The van der Waals surface area contributed by atoms with Crippen LogP contribution in [0, 0.1) is 11.7 Å². The molecule has 2 N–H and O–H groups in total. The molecule has 1 aliphatic carbocycles. The molecule has 0 unspecified atom stereocenters. The molecule has 160 valence electrons. The van der Waals surface area contributed by atoms with E-state index in [1.165, 1.54) is 16.8 Å². The molecule has 1 fully saturated rings. The fourth-order valence-corrected chi connectivity index (χ4v) is 3.21. The number of amides is 1. The Morgan fingerprint density at radius 2 is 1.87 bits per heavy atom. The molecule has 31 heavy (non-hydrogen) atoms. The quantitative estimate of drug-likeness (QED) is 0.547. The minimum Gasteiger partial charge on any atom is -0.481 e. The maximum absolute atomic E-state index is 14.4. The van der Waals surface area contributed by atoms with Crippen LogP contribution < -0.4 is 10.1 Å². The summed E-state index contributed by atoms with van der Waals surface area (Å²) in [5.41, 5.74) is 0.842. The van der Waals surface area contributed by atoms with Crippen molar-refractivity contribution >= 4 is 11.9 Å². The van der Waals surface area contributed by atoms with Gasteiger partial charge in [-0.1, -0.05) is 42.5 Å². The van der Waals surface area contributed by atoms with Crippen LogP contribution in [0.2, 0.25) is 0 Å². The molecule has 0 radical (unpaired) electrons. The summed E-state index contributed by atoms with van der Waals surface area (Å²) in [5, 5.41) is 16.2. The highest BCUT2D eigenvalue weighted by Crippen LogP contribution is 2.30. The van der Waals surface area contributed by atoms with Gasteiger partial charge >= 0.3 is 5.97 Å². The molecular weight excluding hydrogens is 401 g/mol. The molecule has 1 aromatic heterocycles. The number of para-hydroxylation sites is 1. The number of halogens is 1. The van der Waals surface area contributed by atoms with Crippen molar-refractivity contribution in [3.8, 4) is 11.6 Å². The Morgan fingerprint density at radius 1 is 1.16 bits per heavy atom. The lowest BCUT2D eigenvalue weighted by Crippen LogP contribution is -2.30. The second-order valence-corrected chi connectivity index (χ2v) is 7.52. The van der Waals surface area contributed by atoms with Crippen molar-refractivity contribution in [3.05, 3.63) is 77.7 Å². The van der Waals surface area contributed by atoms with Crippen molar-refractivity contribution in [2.24, 2.45) is 5.92 Å². The van der Waals surface area contributed by atoms with E-state index < -0.39 is 23.7 Å². The molecule has 1 aliphatic rings. The Kier molecular flexibility index (Phi) is 5.97. The Labute approximate surface area is 178 Å². The third-order valence-electron chi connectivity index (χ3n) is 5.04. The fraction of sp³-hybridized carbons (Fsp3) is 0.261. The van der Waals surface area contributed by atoms with Gasteiger partial charge in [0.1, 0.15) is 11.5 Å². The van der Waals surface area contributed by atoms with Gasteiger partial charge in [-0.3, -0.25) is 9.59 Å². The number of benzene rings is 2. The van der Waals surface area contributed by atoms with Crippen LogP contribution in [0.25, 0.3) is 5.69 Å². The van der Waals surface area contributed by atoms with Gasteiger partial charge in [0.15, 0.2) is 5.69 Å². The zero-order chi connectivity index (χ0) is 21.8. The molecule has 7 nitrogen and oxygen atoms in total. The standard InChI is InChI=1S/C23H22FN3O4/c24-17-8-4-5-9-20(17)27-21(31-14-15-10-11-15)12-19(26-27)23(30)25-18(13-22(28)29)16-6-2-1-3-7-16/h1-9,12,15,18H,10-11,13-14H2,(H,25,30)(H,28,29)/t18-/m0/s1. The normalized spacial score (nSPS) is 14.1. The molecule has 8 heteroatoms. The van der Waals surface area contributed by atoms with Crippen LogP contribution in [0.3, 0.4) is 0 Å². The average Bonchev–Trinajstić information content (AvgIpc) is 3.50. The van der Waals surface area contributed by atoms with Crippen LogP contribution in [0.1, 0.15) is 41.4 Å². The lowest BCUT2D eigenvalue weighted by Gasteiger charge is -2.16. The van der Waals surface area contributed by atoms with Crippen molar-refractivity contribution < 1.29 is 23.8 Å². The van der Waals surface area contributed by atoms with Crippen LogP contribution in [-0.2, 0) is 4.79 Å². The number of hydrogen-bond acceptors (Lipinski definition) is 4.